The summed E-state index contributed by atoms with van der Waals surface area (Å²) in [5, 5.41) is 28.8. The molecule has 1 fully saturated rings. The predicted octanol–water partition coefficient (Wildman–Crippen LogP) is 4.72. The number of benzene rings is 1. The highest BCUT2D eigenvalue weighted by molar-refractivity contribution is 5.92. The van der Waals surface area contributed by atoms with Crippen molar-refractivity contribution in [3.8, 4) is 11.5 Å². The number of hydrogen-bond donors (Lipinski definition) is 6. The number of fused-ring (bicyclic) bond motifs is 8. The Kier molecular flexibility index (Phi) is 7.66. The Bertz CT molecular complexity index is 2300. The normalized spacial score (nSPS) is 28.3. The first kappa shape index (κ1) is 33.8. The Morgan fingerprint density at radius 1 is 1.15 bits per heavy atom. The van der Waals surface area contributed by atoms with Crippen LogP contribution in [0.4, 0.5) is 0 Å². The minimum absolute atomic E-state index is 0.00478. The SMILES string of the molecule is CC=C(C)C(=O)OC1Cc2c3c(c4oc(CO)cc(=O)c4c2O)CC2=CCNC(N)=C2C2=CC4(CCCC4)C4=C2C(CC2=CNC(N)C=C2C4)C1(C)O3. The van der Waals surface area contributed by atoms with E-state index in [1.165, 1.54) is 22.8 Å². The number of rotatable bonds is 3. The van der Waals surface area contributed by atoms with Crippen molar-refractivity contribution < 1.29 is 28.9 Å². The van der Waals surface area contributed by atoms with E-state index in [1.54, 1.807) is 19.9 Å². The molecular weight excluding hydrogens is 672 g/mol. The number of carbonyl (C=O) groups excluding carboxylic acids is 1. The van der Waals surface area contributed by atoms with Gasteiger partial charge in [0.15, 0.2) is 11.0 Å². The zero-order valence-electron chi connectivity index (χ0n) is 30.4. The van der Waals surface area contributed by atoms with Gasteiger partial charge in [0.1, 0.15) is 46.8 Å². The van der Waals surface area contributed by atoms with Gasteiger partial charge in [0, 0.05) is 65.3 Å². The van der Waals surface area contributed by atoms with E-state index >= 15 is 0 Å². The Morgan fingerprint density at radius 3 is 2.70 bits per heavy atom. The molecule has 9 rings (SSSR count). The molecule has 8 N–H and O–H groups in total. The Balaban J connectivity index is 1.39. The predicted molar refractivity (Wildman–Crippen MR) is 199 cm³/mol. The number of aliphatic hydroxyl groups excluding tert-OH is 1. The van der Waals surface area contributed by atoms with Crippen LogP contribution in [-0.2, 0) is 29.0 Å². The lowest BCUT2D eigenvalue weighted by atomic mass is 9.68. The van der Waals surface area contributed by atoms with Crippen molar-refractivity contribution in [2.75, 3.05) is 6.54 Å². The maximum absolute atomic E-state index is 13.7. The molecule has 3 aliphatic carbocycles. The lowest BCUT2D eigenvalue weighted by molar-refractivity contribution is -0.162. The van der Waals surface area contributed by atoms with Crippen molar-refractivity contribution in [3.05, 3.63) is 114 Å². The van der Waals surface area contributed by atoms with Crippen LogP contribution in [0.5, 0.6) is 11.5 Å². The van der Waals surface area contributed by atoms with Crippen molar-refractivity contribution in [1.82, 2.24) is 10.6 Å². The molecule has 11 heteroatoms. The van der Waals surface area contributed by atoms with Crippen LogP contribution >= 0.6 is 0 Å². The van der Waals surface area contributed by atoms with Crippen molar-refractivity contribution in [1.29, 1.82) is 0 Å². The molecule has 1 aromatic heterocycles. The van der Waals surface area contributed by atoms with Gasteiger partial charge in [-0.2, -0.15) is 0 Å². The molecule has 2 bridgehead atoms. The number of ether oxygens (including phenoxy) is 2. The van der Waals surface area contributed by atoms with Gasteiger partial charge in [-0.1, -0.05) is 36.6 Å². The van der Waals surface area contributed by atoms with E-state index in [4.69, 9.17) is 25.4 Å². The van der Waals surface area contributed by atoms with E-state index in [9.17, 15) is 19.8 Å². The number of nitrogens with one attached hydrogen (secondary N) is 2. The molecular formula is C42H46N4O7. The van der Waals surface area contributed by atoms with E-state index in [0.717, 1.165) is 54.4 Å². The van der Waals surface area contributed by atoms with Crippen molar-refractivity contribution >= 4 is 16.9 Å². The van der Waals surface area contributed by atoms with Crippen LogP contribution in [-0.4, -0.2) is 40.6 Å². The van der Waals surface area contributed by atoms with E-state index in [0.29, 0.717) is 41.2 Å². The van der Waals surface area contributed by atoms with Gasteiger partial charge in [0.25, 0.3) is 0 Å². The highest BCUT2D eigenvalue weighted by Crippen LogP contribution is 2.63. The maximum Gasteiger partial charge on any atom is 0.333 e. The van der Waals surface area contributed by atoms with Gasteiger partial charge >= 0.3 is 5.97 Å². The first-order chi connectivity index (χ1) is 25.5. The minimum Gasteiger partial charge on any atom is -0.507 e. The van der Waals surface area contributed by atoms with Crippen molar-refractivity contribution in [2.45, 2.75) is 96.6 Å². The van der Waals surface area contributed by atoms with Gasteiger partial charge in [0.05, 0.1) is 6.17 Å². The monoisotopic (exact) mass is 718 g/mol. The fourth-order valence-corrected chi connectivity index (χ4v) is 10.1. The lowest BCUT2D eigenvalue weighted by Gasteiger charge is -2.48. The summed E-state index contributed by atoms with van der Waals surface area (Å²) in [5.41, 5.74) is 20.9. The number of nitrogens with two attached hydrogens (primary N) is 2. The van der Waals surface area contributed by atoms with Gasteiger partial charge in [-0.15, -0.1) is 0 Å². The number of allylic oxidation sites excluding steroid dienone is 8. The first-order valence-corrected chi connectivity index (χ1v) is 18.8. The van der Waals surface area contributed by atoms with Crippen LogP contribution in [0, 0.1) is 11.3 Å². The zero-order chi connectivity index (χ0) is 37.0. The van der Waals surface area contributed by atoms with Crippen LogP contribution in [0.2, 0.25) is 0 Å². The summed E-state index contributed by atoms with van der Waals surface area (Å²) in [4.78, 5) is 27.4. The summed E-state index contributed by atoms with van der Waals surface area (Å²) in [6.07, 6.45) is 15.1. The Hall–Kier alpha value is -5.00. The minimum atomic E-state index is -1.18. The summed E-state index contributed by atoms with van der Waals surface area (Å²) in [7, 11) is 0. The third kappa shape index (κ3) is 4.93. The summed E-state index contributed by atoms with van der Waals surface area (Å²) < 4.78 is 20.1. The van der Waals surface area contributed by atoms with Gasteiger partial charge in [-0.3, -0.25) is 4.79 Å². The molecule has 53 heavy (non-hydrogen) atoms. The standard InChI is InChI=1S/C42H46N4O7/c1-4-20(2)40(50)52-31-16-25-36(49)35-30(48)15-24(19-47)51-38(35)26-11-21-7-10-45-39(44)33(21)27-17-42(8-5-6-9-42)29-12-22-14-32(43)46-18-23(22)13-28(34(27)29)41(31,3)53-37(25)26/h4,7,14-15,17-18,28,31-32,45-47,49H,5-6,8-13,16,19,43-44H2,1-3H3. The molecule has 1 aromatic carbocycles. The molecule has 1 spiro atoms. The highest BCUT2D eigenvalue weighted by Gasteiger charge is 2.57. The van der Waals surface area contributed by atoms with Gasteiger partial charge in [0.2, 0.25) is 0 Å². The molecule has 1 saturated carbocycles. The number of esters is 1. The quantitative estimate of drug-likeness (QED) is 0.191. The van der Waals surface area contributed by atoms with Gasteiger partial charge < -0.3 is 46.2 Å². The second kappa shape index (κ2) is 12.0. The number of phenolic OH excluding ortho intramolecular Hbond substituents is 1. The Labute approximate surface area is 307 Å². The van der Waals surface area contributed by atoms with Crippen LogP contribution in [0.25, 0.3) is 11.0 Å². The summed E-state index contributed by atoms with van der Waals surface area (Å²) in [6, 6.07) is 1.20. The summed E-state index contributed by atoms with van der Waals surface area (Å²) in [6.45, 7) is 5.54. The molecule has 7 aliphatic rings. The van der Waals surface area contributed by atoms with Crippen LogP contribution < -0.4 is 32.3 Å². The lowest BCUT2D eigenvalue weighted by Crippen LogP contribution is -2.57. The summed E-state index contributed by atoms with van der Waals surface area (Å²) >= 11 is 0. The smallest absolute Gasteiger partial charge is 0.333 e. The van der Waals surface area contributed by atoms with E-state index in [1.807, 2.05) is 13.1 Å². The van der Waals surface area contributed by atoms with Crippen LogP contribution in [0.15, 0.2) is 96.2 Å². The van der Waals surface area contributed by atoms with E-state index in [-0.39, 0.29) is 52.8 Å². The molecule has 5 heterocycles. The summed E-state index contributed by atoms with van der Waals surface area (Å²) in [5.74, 6) is -0.0773. The number of dihydropyridines is 2. The van der Waals surface area contributed by atoms with Gasteiger partial charge in [-0.25, -0.2) is 4.79 Å². The van der Waals surface area contributed by atoms with Gasteiger partial charge in [-0.05, 0) is 80.4 Å². The fraction of sp³-hybridized carbons (Fsp3) is 0.429. The molecule has 11 nitrogen and oxygen atoms in total. The number of phenols is 1. The van der Waals surface area contributed by atoms with Crippen molar-refractivity contribution in [3.63, 3.8) is 0 Å². The van der Waals surface area contributed by atoms with E-state index in [2.05, 4.69) is 28.9 Å². The topological polar surface area (TPSA) is 182 Å². The van der Waals surface area contributed by atoms with Crippen LogP contribution in [0.1, 0.15) is 76.2 Å². The van der Waals surface area contributed by atoms with Crippen LogP contribution in [0.3, 0.4) is 0 Å². The molecule has 0 radical (unpaired) electrons. The molecule has 2 aromatic rings. The number of aliphatic hydroxyl groups is 1. The highest BCUT2D eigenvalue weighted by atomic mass is 16.6. The average Bonchev–Trinajstić information content (AvgIpc) is 3.67. The maximum atomic E-state index is 13.7. The molecule has 4 atom stereocenters. The third-order valence-corrected chi connectivity index (χ3v) is 12.9. The molecule has 0 amide bonds. The average molecular weight is 719 g/mol. The molecule has 0 saturated heterocycles. The zero-order valence-corrected chi connectivity index (χ0v) is 30.4. The van der Waals surface area contributed by atoms with E-state index < -0.39 is 29.7 Å². The second-order valence-corrected chi connectivity index (χ2v) is 15.8. The largest absolute Gasteiger partial charge is 0.507 e. The number of aromatic hydroxyl groups is 1. The first-order valence-electron chi connectivity index (χ1n) is 18.8. The second-order valence-electron chi connectivity index (χ2n) is 15.8. The Morgan fingerprint density at radius 2 is 1.94 bits per heavy atom. The van der Waals surface area contributed by atoms with Crippen molar-refractivity contribution in [2.24, 2.45) is 22.8 Å². The molecule has 4 aliphatic heterocycles. The number of carbonyl (C=O) groups is 1. The molecule has 4 unspecified atom stereocenters. The molecule has 276 valence electrons. The number of hydrogen-bond acceptors (Lipinski definition) is 11. The fourth-order valence-electron chi connectivity index (χ4n) is 10.1. The third-order valence-electron chi connectivity index (χ3n) is 12.9.